The number of alkyl halides is 6. The van der Waals surface area contributed by atoms with Gasteiger partial charge in [-0.1, -0.05) is 60.1 Å². The number of hydrogen-bond donors (Lipinski definition) is 2. The predicted octanol–water partition coefficient (Wildman–Crippen LogP) is 11.5. The fourth-order valence-electron chi connectivity index (χ4n) is 11.9. The average Bonchev–Trinajstić information content (AvgIpc) is 1.19. The van der Waals surface area contributed by atoms with Crippen LogP contribution in [0.15, 0.2) is 177 Å². The van der Waals surface area contributed by atoms with Crippen LogP contribution in [-0.4, -0.2) is 117 Å². The van der Waals surface area contributed by atoms with Crippen LogP contribution in [0.3, 0.4) is 0 Å². The third kappa shape index (κ3) is 12.5. The van der Waals surface area contributed by atoms with E-state index in [2.05, 4.69) is 29.9 Å². The summed E-state index contributed by atoms with van der Waals surface area (Å²) in [6.45, 7) is 0.959. The number of imidazole rings is 2. The monoisotopic (exact) mass is 1320 g/mol. The van der Waals surface area contributed by atoms with Gasteiger partial charge >= 0.3 is 12.4 Å². The molecule has 0 bridgehead atoms. The highest BCUT2D eigenvalue weighted by Crippen LogP contribution is 2.45. The van der Waals surface area contributed by atoms with Gasteiger partial charge in [0.2, 0.25) is 0 Å². The molecule has 0 aliphatic heterocycles. The van der Waals surface area contributed by atoms with E-state index in [1.165, 1.54) is 56.5 Å². The molecule has 95 heavy (non-hydrogen) atoms. The quantitative estimate of drug-likeness (QED) is 0.0479. The molecule has 2 N–H and O–H groups in total. The van der Waals surface area contributed by atoms with E-state index in [4.69, 9.17) is 41.1 Å². The van der Waals surface area contributed by atoms with Gasteiger partial charge in [-0.2, -0.15) is 36.5 Å². The van der Waals surface area contributed by atoms with Crippen molar-refractivity contribution < 1.29 is 51.0 Å². The number of pyridine rings is 4. The van der Waals surface area contributed by atoms with Gasteiger partial charge in [-0.15, -0.1) is 0 Å². The number of nitrogens with zero attached hydrogens (tertiary/aromatic N) is 15. The van der Waals surface area contributed by atoms with Crippen molar-refractivity contribution in [1.82, 2.24) is 58.6 Å². The van der Waals surface area contributed by atoms with Gasteiger partial charge in [0.05, 0.1) is 96.6 Å². The first-order valence-electron chi connectivity index (χ1n) is 29.6. The maximum atomic E-state index is 13.8. The lowest BCUT2D eigenvalue weighted by Crippen LogP contribution is -2.31. The van der Waals surface area contributed by atoms with Crippen LogP contribution >= 0.6 is 11.6 Å². The summed E-state index contributed by atoms with van der Waals surface area (Å²) in [4.78, 5) is 40.0. The Morgan fingerprint density at radius 2 is 1.07 bits per heavy atom. The number of rotatable bonds is 22. The van der Waals surface area contributed by atoms with E-state index >= 15 is 0 Å². The number of aliphatic hydroxyl groups is 2. The largest absolute Gasteiger partial charge is 0.433 e. The minimum atomic E-state index is -4.71. The summed E-state index contributed by atoms with van der Waals surface area (Å²) < 4.78 is 95.1. The number of hydrogen-bond acceptors (Lipinski definition) is 16. The molecule has 2 atom stereocenters. The second kappa shape index (κ2) is 26.0. The number of ether oxygens (including phenoxy) is 1. The van der Waals surface area contributed by atoms with Crippen LogP contribution in [0.25, 0.3) is 33.2 Å². The van der Waals surface area contributed by atoms with E-state index in [0.717, 1.165) is 52.6 Å². The molecule has 488 valence electrons. The molecule has 0 radical (unpaired) electrons. The molecule has 27 heteroatoms. The van der Waals surface area contributed by atoms with Crippen molar-refractivity contribution >= 4 is 50.7 Å². The smallest absolute Gasteiger partial charge is 0.383 e. The van der Waals surface area contributed by atoms with Crippen molar-refractivity contribution in [3.63, 3.8) is 0 Å². The van der Waals surface area contributed by atoms with Crippen LogP contribution in [0, 0.1) is 0 Å². The van der Waals surface area contributed by atoms with Gasteiger partial charge in [0, 0.05) is 131 Å². The van der Waals surface area contributed by atoms with Gasteiger partial charge in [-0.3, -0.25) is 24.7 Å². The molecule has 20 nitrogen and oxygen atoms in total. The lowest BCUT2D eigenvalue weighted by atomic mass is 9.83. The molecule has 0 saturated carbocycles. The van der Waals surface area contributed by atoms with E-state index in [9.17, 15) is 36.6 Å². The maximum Gasteiger partial charge on any atom is 0.433 e. The summed E-state index contributed by atoms with van der Waals surface area (Å²) in [5.41, 5.74) is 1.90. The van der Waals surface area contributed by atoms with Crippen LogP contribution in [0.5, 0.6) is 0 Å². The third-order valence-electron chi connectivity index (χ3n) is 16.9. The Morgan fingerprint density at radius 1 is 0.558 bits per heavy atom. The van der Waals surface area contributed by atoms with Crippen molar-refractivity contribution in [2.75, 3.05) is 63.6 Å². The minimum Gasteiger partial charge on any atom is -0.383 e. The average molecular weight is 1320 g/mol. The molecule has 0 fully saturated rings. The highest BCUT2D eigenvalue weighted by Gasteiger charge is 2.42. The first-order chi connectivity index (χ1) is 45.5. The third-order valence-corrected chi connectivity index (χ3v) is 17.3. The normalized spacial score (nSPS) is 13.3. The summed E-state index contributed by atoms with van der Waals surface area (Å²) >= 11 is 7.68. The van der Waals surface area contributed by atoms with Crippen molar-refractivity contribution in [1.29, 1.82) is 0 Å². The Labute approximate surface area is 545 Å². The van der Waals surface area contributed by atoms with Gasteiger partial charge in [0.15, 0.2) is 17.0 Å². The fraction of sp³-hybridized carbons (Fsp3) is 0.235. The number of hydroxylamine groups is 2. The Kier molecular flexibility index (Phi) is 17.8. The molecule has 12 aromatic rings. The zero-order chi connectivity index (χ0) is 67.1. The zero-order valence-electron chi connectivity index (χ0n) is 52.3. The standard InChI is InChI=1S/C68H62ClF6N15O5/c1-84-40-76-36-59(84)65(91,47-15-23-57(78-34-47)67(70,71)72)45-13-21-55-51(31-45)61(69)53(29-42-9-17-49(18-10-42)89-26-8-25-80-89)64(83-55)88(27-28-93-5)38-44-33-81-90(39-44)50-19-11-43(12-20-50)30-54-62(86(3)94-6)52-32-46(14-22-56(52)82-63(54)87(4)95-7)66(92,60-37-77-41-85(60)2)48-16-24-58(79-35-48)68(73,74)75/h8-26,31-37,39-41,91-92H,27-30,38H2,1-7H3. The summed E-state index contributed by atoms with van der Waals surface area (Å²) in [5, 5.41) is 39.4. The Balaban J connectivity index is 0.889. The number of aryl methyl sites for hydroxylation is 2. The topological polar surface area (TPSA) is 201 Å². The van der Waals surface area contributed by atoms with Crippen LogP contribution in [0.4, 0.5) is 43.7 Å². The summed E-state index contributed by atoms with van der Waals surface area (Å²) in [7, 11) is 11.4. The van der Waals surface area contributed by atoms with Crippen LogP contribution < -0.4 is 15.0 Å². The van der Waals surface area contributed by atoms with Gasteiger partial charge < -0.3 is 29.0 Å². The zero-order valence-corrected chi connectivity index (χ0v) is 53.0. The maximum absolute atomic E-state index is 13.8. The molecule has 0 saturated heterocycles. The molecule has 8 aromatic heterocycles. The second-order valence-electron chi connectivity index (χ2n) is 22.7. The molecular weight excluding hydrogens is 1260 g/mol. The highest BCUT2D eigenvalue weighted by atomic mass is 35.5. The summed E-state index contributed by atoms with van der Waals surface area (Å²) in [6, 6.07) is 31.7. The van der Waals surface area contributed by atoms with E-state index in [-0.39, 0.29) is 34.5 Å². The molecule has 2 unspecified atom stereocenters. The Hall–Kier alpha value is -10.1. The number of anilines is 3. The first-order valence-corrected chi connectivity index (χ1v) is 30.0. The lowest BCUT2D eigenvalue weighted by molar-refractivity contribution is -0.142. The number of fused-ring (bicyclic) bond motifs is 2. The van der Waals surface area contributed by atoms with Crippen molar-refractivity contribution in [2.24, 2.45) is 14.1 Å². The molecule has 8 heterocycles. The minimum absolute atomic E-state index is 0.0655. The first kappa shape index (κ1) is 65.0. The summed E-state index contributed by atoms with van der Waals surface area (Å²) in [6.07, 6.45) is 6.28. The molecule has 0 amide bonds. The number of methoxy groups -OCH3 is 1. The SMILES string of the molecule is COCCN(Cc1cnn(-c2ccc(Cc3c(N(C)OC)nc4ccc(C(O)(c5ccc(C(F)(F)F)nc5)c5cncn5C)cc4c3N(C)OC)cc2)c1)c1nc2ccc(C(O)(c3ccc(C(F)(F)F)nc3)c3cncn3C)cc2c(Cl)c1Cc1ccc(-n2cccn2)cc1. The van der Waals surface area contributed by atoms with Crippen LogP contribution in [0.2, 0.25) is 5.02 Å². The van der Waals surface area contributed by atoms with Gasteiger partial charge in [0.1, 0.15) is 17.2 Å². The Morgan fingerprint density at radius 3 is 1.56 bits per heavy atom. The van der Waals surface area contributed by atoms with Gasteiger partial charge in [-0.05, 0) is 89.0 Å². The number of aromatic nitrogens is 12. The van der Waals surface area contributed by atoms with Crippen molar-refractivity contribution in [3.05, 3.63) is 255 Å². The van der Waals surface area contributed by atoms with Crippen molar-refractivity contribution in [3.8, 4) is 11.4 Å². The predicted molar refractivity (Wildman–Crippen MR) is 344 cm³/mol. The number of benzene rings is 4. The van der Waals surface area contributed by atoms with Crippen molar-refractivity contribution in [2.45, 2.75) is 42.9 Å². The number of halogens is 7. The molecule has 12 rings (SSSR count). The molecule has 0 aliphatic rings. The highest BCUT2D eigenvalue weighted by molar-refractivity contribution is 6.36. The fourth-order valence-corrected chi connectivity index (χ4v) is 12.2. The van der Waals surface area contributed by atoms with E-state index < -0.39 is 34.9 Å². The van der Waals surface area contributed by atoms with E-state index in [0.29, 0.717) is 87.0 Å². The van der Waals surface area contributed by atoms with Gasteiger partial charge in [-0.25, -0.2) is 34.4 Å². The summed E-state index contributed by atoms with van der Waals surface area (Å²) in [5.74, 6) is 1.01. The van der Waals surface area contributed by atoms with Crippen LogP contribution in [-0.2, 0) is 71.4 Å². The Bertz CT molecular complexity index is 4700. The van der Waals surface area contributed by atoms with Crippen LogP contribution in [0.1, 0.15) is 72.8 Å². The van der Waals surface area contributed by atoms with Gasteiger partial charge in [0.25, 0.3) is 0 Å². The molecular formula is C68H62ClF6N15O5. The molecule has 0 spiro atoms. The molecule has 4 aromatic carbocycles. The second-order valence-corrected chi connectivity index (χ2v) is 23.1. The lowest BCUT2D eigenvalue weighted by Gasteiger charge is -2.31. The van der Waals surface area contributed by atoms with E-state index in [1.54, 1.807) is 108 Å². The molecule has 0 aliphatic carbocycles. The van der Waals surface area contributed by atoms with E-state index in [1.807, 2.05) is 67.0 Å².